The van der Waals surface area contributed by atoms with E-state index in [2.05, 4.69) is 5.92 Å². The lowest BCUT2D eigenvalue weighted by Crippen LogP contribution is -2.48. The van der Waals surface area contributed by atoms with Crippen LogP contribution in [0.1, 0.15) is 0 Å². The van der Waals surface area contributed by atoms with E-state index in [9.17, 15) is 12.8 Å². The van der Waals surface area contributed by atoms with Gasteiger partial charge in [0.05, 0.1) is 11.6 Å². The smallest absolute Gasteiger partial charge is 0.247 e. The van der Waals surface area contributed by atoms with Crippen LogP contribution in [0.2, 0.25) is 5.02 Å². The molecule has 0 N–H and O–H groups in total. The van der Waals surface area contributed by atoms with Gasteiger partial charge in [-0.15, -0.1) is 6.42 Å². The summed E-state index contributed by atoms with van der Waals surface area (Å²) in [4.78, 5) is 1.52. The second-order valence-corrected chi connectivity index (χ2v) is 6.72. The highest BCUT2D eigenvalue weighted by Gasteiger charge is 2.32. The van der Waals surface area contributed by atoms with E-state index in [4.69, 9.17) is 18.0 Å². The zero-order valence-electron chi connectivity index (χ0n) is 10.7. The van der Waals surface area contributed by atoms with Crippen LogP contribution < -0.4 is 0 Å². The molecule has 1 aromatic carbocycles. The maximum Gasteiger partial charge on any atom is 0.247 e. The van der Waals surface area contributed by atoms with Crippen LogP contribution in [0.3, 0.4) is 0 Å². The van der Waals surface area contributed by atoms with Crippen LogP contribution in [0.25, 0.3) is 0 Å². The maximum absolute atomic E-state index is 13.8. The van der Waals surface area contributed by atoms with Gasteiger partial charge >= 0.3 is 0 Å². The van der Waals surface area contributed by atoms with Crippen molar-refractivity contribution in [3.63, 3.8) is 0 Å². The fraction of sp³-hybridized carbons (Fsp3) is 0.385. The van der Waals surface area contributed by atoms with E-state index in [1.165, 1.54) is 16.4 Å². The van der Waals surface area contributed by atoms with Gasteiger partial charge < -0.3 is 0 Å². The standard InChI is InChI=1S/C13H14ClFN2O2S/c1-2-6-16-7-9-17(10-8-16)20(18,19)13-11(14)4-3-5-12(13)15/h1,3-5H,6-10H2. The first-order valence-electron chi connectivity index (χ1n) is 6.07. The molecule has 108 valence electrons. The minimum atomic E-state index is -3.91. The lowest BCUT2D eigenvalue weighted by molar-refractivity contribution is 0.206. The third-order valence-corrected chi connectivity index (χ3v) is 5.57. The molecule has 7 heteroatoms. The molecule has 4 nitrogen and oxygen atoms in total. The van der Waals surface area contributed by atoms with E-state index >= 15 is 0 Å². The van der Waals surface area contributed by atoms with Crippen molar-refractivity contribution >= 4 is 21.6 Å². The minimum absolute atomic E-state index is 0.101. The normalized spacial score (nSPS) is 17.9. The van der Waals surface area contributed by atoms with Gasteiger partial charge in [0.25, 0.3) is 0 Å². The van der Waals surface area contributed by atoms with Gasteiger partial charge in [-0.3, -0.25) is 4.90 Å². The third kappa shape index (κ3) is 2.96. The Labute approximate surface area is 123 Å². The zero-order chi connectivity index (χ0) is 14.8. The van der Waals surface area contributed by atoms with Crippen LogP contribution in [0.5, 0.6) is 0 Å². The molecular weight excluding hydrogens is 303 g/mol. The molecule has 1 saturated heterocycles. The molecule has 0 unspecified atom stereocenters. The Morgan fingerprint density at radius 1 is 1.30 bits per heavy atom. The van der Waals surface area contributed by atoms with E-state index in [1.807, 2.05) is 4.90 Å². The number of benzene rings is 1. The van der Waals surface area contributed by atoms with Crippen molar-refractivity contribution in [2.45, 2.75) is 4.90 Å². The highest BCUT2D eigenvalue weighted by atomic mass is 35.5. The zero-order valence-corrected chi connectivity index (χ0v) is 12.3. The first-order valence-corrected chi connectivity index (χ1v) is 7.88. The Morgan fingerprint density at radius 3 is 2.50 bits per heavy atom. The van der Waals surface area contributed by atoms with Crippen molar-refractivity contribution in [2.75, 3.05) is 32.7 Å². The molecular formula is C13H14ClFN2O2S. The Bertz CT molecular complexity index is 614. The minimum Gasteiger partial charge on any atom is -0.290 e. The van der Waals surface area contributed by atoms with Crippen molar-refractivity contribution in [3.8, 4) is 12.3 Å². The molecule has 1 fully saturated rings. The molecule has 0 bridgehead atoms. The van der Waals surface area contributed by atoms with Crippen molar-refractivity contribution in [2.24, 2.45) is 0 Å². The average Bonchev–Trinajstić information content (AvgIpc) is 2.39. The summed E-state index contributed by atoms with van der Waals surface area (Å²) in [6.07, 6.45) is 5.22. The number of terminal acetylenes is 1. The molecule has 1 heterocycles. The van der Waals surface area contributed by atoms with Gasteiger partial charge in [0.1, 0.15) is 10.7 Å². The maximum atomic E-state index is 13.8. The Kier molecular flexibility index (Phi) is 4.66. The molecule has 0 aromatic heterocycles. The molecule has 0 radical (unpaired) electrons. The topological polar surface area (TPSA) is 40.6 Å². The summed E-state index contributed by atoms with van der Waals surface area (Å²) in [7, 11) is -3.91. The number of sulfonamides is 1. The fourth-order valence-corrected chi connectivity index (χ4v) is 4.10. The predicted molar refractivity (Wildman–Crippen MR) is 75.4 cm³/mol. The largest absolute Gasteiger partial charge is 0.290 e. The van der Waals surface area contributed by atoms with Gasteiger partial charge in [0.2, 0.25) is 10.0 Å². The summed E-state index contributed by atoms with van der Waals surface area (Å²) in [5.41, 5.74) is 0. The first kappa shape index (κ1) is 15.3. The molecule has 0 spiro atoms. The second-order valence-electron chi connectivity index (χ2n) is 4.44. The summed E-state index contributed by atoms with van der Waals surface area (Å²) in [6.45, 7) is 2.07. The summed E-state index contributed by atoms with van der Waals surface area (Å²) < 4.78 is 39.9. The third-order valence-electron chi connectivity index (χ3n) is 3.16. The summed E-state index contributed by atoms with van der Waals surface area (Å²) >= 11 is 5.83. The van der Waals surface area contributed by atoms with E-state index in [-0.39, 0.29) is 18.1 Å². The van der Waals surface area contributed by atoms with Crippen LogP contribution in [-0.2, 0) is 10.0 Å². The lowest BCUT2D eigenvalue weighted by Gasteiger charge is -2.33. The van der Waals surface area contributed by atoms with Crippen molar-refractivity contribution in [3.05, 3.63) is 29.0 Å². The molecule has 0 saturated carbocycles. The van der Waals surface area contributed by atoms with Gasteiger partial charge in [-0.1, -0.05) is 23.6 Å². The summed E-state index contributed by atoms with van der Waals surface area (Å²) in [6, 6.07) is 3.83. The van der Waals surface area contributed by atoms with Gasteiger partial charge in [-0.05, 0) is 12.1 Å². The number of rotatable bonds is 3. The van der Waals surface area contributed by atoms with Gasteiger partial charge in [0, 0.05) is 26.2 Å². The van der Waals surface area contributed by atoms with Gasteiger partial charge in [0.15, 0.2) is 0 Å². The summed E-state index contributed by atoms with van der Waals surface area (Å²) in [5.74, 6) is 1.69. The lowest BCUT2D eigenvalue weighted by atomic mass is 10.3. The molecule has 1 aliphatic rings. The molecule has 20 heavy (non-hydrogen) atoms. The first-order chi connectivity index (χ1) is 9.46. The molecule has 1 aliphatic heterocycles. The Hall–Kier alpha value is -1.13. The van der Waals surface area contributed by atoms with Crippen LogP contribution in [0.15, 0.2) is 23.1 Å². The van der Waals surface area contributed by atoms with Gasteiger partial charge in [-0.2, -0.15) is 4.31 Å². The number of halogens is 2. The monoisotopic (exact) mass is 316 g/mol. The van der Waals surface area contributed by atoms with Crippen molar-refractivity contribution in [1.29, 1.82) is 0 Å². The van der Waals surface area contributed by atoms with E-state index in [0.29, 0.717) is 19.6 Å². The Morgan fingerprint density at radius 2 is 1.95 bits per heavy atom. The van der Waals surface area contributed by atoms with Gasteiger partial charge in [-0.25, -0.2) is 12.8 Å². The van der Waals surface area contributed by atoms with E-state index in [0.717, 1.165) is 6.07 Å². The number of nitrogens with zero attached hydrogens (tertiary/aromatic N) is 2. The van der Waals surface area contributed by atoms with Crippen LogP contribution in [0.4, 0.5) is 4.39 Å². The van der Waals surface area contributed by atoms with Crippen molar-refractivity contribution in [1.82, 2.24) is 9.21 Å². The van der Waals surface area contributed by atoms with Crippen LogP contribution in [-0.4, -0.2) is 50.3 Å². The van der Waals surface area contributed by atoms with E-state index in [1.54, 1.807) is 0 Å². The molecule has 0 atom stereocenters. The SMILES string of the molecule is C#CCN1CCN(S(=O)(=O)c2c(F)cccc2Cl)CC1. The number of piperazine rings is 1. The average molecular weight is 317 g/mol. The highest BCUT2D eigenvalue weighted by Crippen LogP contribution is 2.27. The predicted octanol–water partition coefficient (Wildman–Crippen LogP) is 1.42. The fourth-order valence-electron chi connectivity index (χ4n) is 2.12. The molecule has 0 amide bonds. The van der Waals surface area contributed by atoms with E-state index < -0.39 is 20.7 Å². The van der Waals surface area contributed by atoms with Crippen molar-refractivity contribution < 1.29 is 12.8 Å². The van der Waals surface area contributed by atoms with Crippen LogP contribution in [0, 0.1) is 18.2 Å². The molecule has 2 rings (SSSR count). The number of hydrogen-bond donors (Lipinski definition) is 0. The summed E-state index contributed by atoms with van der Waals surface area (Å²) in [5, 5.41) is -0.101. The number of hydrogen-bond acceptors (Lipinski definition) is 3. The quantitative estimate of drug-likeness (QED) is 0.792. The highest BCUT2D eigenvalue weighted by molar-refractivity contribution is 7.89. The second kappa shape index (κ2) is 6.10. The molecule has 0 aliphatic carbocycles. The van der Waals surface area contributed by atoms with Crippen LogP contribution >= 0.6 is 11.6 Å². The molecule has 1 aromatic rings. The Balaban J connectivity index is 2.23.